The minimum absolute atomic E-state index is 0.0353. The summed E-state index contributed by atoms with van der Waals surface area (Å²) in [4.78, 5) is 24.1. The summed E-state index contributed by atoms with van der Waals surface area (Å²) in [6.07, 6.45) is 7.26. The lowest BCUT2D eigenvalue weighted by Crippen LogP contribution is -2.49. The average Bonchev–Trinajstić information content (AvgIpc) is 3.09. The Morgan fingerprint density at radius 1 is 1.41 bits per heavy atom. The van der Waals surface area contributed by atoms with Gasteiger partial charge in [0, 0.05) is 32.4 Å². The van der Waals surface area contributed by atoms with Crippen LogP contribution in [0.25, 0.3) is 0 Å². The zero-order valence-electron chi connectivity index (χ0n) is 12.2. The van der Waals surface area contributed by atoms with E-state index in [0.29, 0.717) is 18.1 Å². The molecule has 1 unspecified atom stereocenters. The highest BCUT2D eigenvalue weighted by Gasteiger charge is 2.28. The summed E-state index contributed by atoms with van der Waals surface area (Å²) >= 11 is 0. The van der Waals surface area contributed by atoms with E-state index in [-0.39, 0.29) is 11.9 Å². The monoisotopic (exact) mass is 304 g/mol. The molecule has 0 saturated carbocycles. The lowest BCUT2D eigenvalue weighted by molar-refractivity contribution is 0.0707. The number of hydrogen-bond acceptors (Lipinski definition) is 5. The Morgan fingerprint density at radius 2 is 2.18 bits per heavy atom. The summed E-state index contributed by atoms with van der Waals surface area (Å²) in [7, 11) is 1.86. The van der Waals surface area contributed by atoms with Crippen LogP contribution in [0.2, 0.25) is 0 Å². The predicted octanol–water partition coefficient (Wildman–Crippen LogP) is 1.08. The minimum Gasteiger partial charge on any atom is -0.339 e. The standard InChI is InChI=1S/C14H17FN6O/c1-20(14-16-7-11(15)8-17-14)12-3-2-4-21(9-12)13(22)10-5-18-19-6-10/h5-8,12H,2-4,9H2,1H3,(H,18,19). The molecule has 1 saturated heterocycles. The van der Waals surface area contributed by atoms with Crippen molar-refractivity contribution in [3.05, 3.63) is 36.2 Å². The number of carbonyl (C=O) groups excluding carboxylic acids is 1. The van der Waals surface area contributed by atoms with Crippen LogP contribution in [0, 0.1) is 5.82 Å². The molecule has 0 radical (unpaired) electrons. The fourth-order valence-electron chi connectivity index (χ4n) is 2.66. The number of H-pyrrole nitrogens is 1. The first kappa shape index (κ1) is 14.4. The minimum atomic E-state index is -0.461. The van der Waals surface area contributed by atoms with Crippen LogP contribution in [-0.4, -0.2) is 57.2 Å². The Hall–Kier alpha value is -2.51. The number of nitrogens with zero attached hydrogens (tertiary/aromatic N) is 5. The van der Waals surface area contributed by atoms with Gasteiger partial charge in [-0.25, -0.2) is 14.4 Å². The molecule has 3 rings (SSSR count). The van der Waals surface area contributed by atoms with Gasteiger partial charge in [-0.1, -0.05) is 0 Å². The molecule has 0 aliphatic carbocycles. The number of aromatic nitrogens is 4. The second-order valence-corrected chi connectivity index (χ2v) is 5.35. The van der Waals surface area contributed by atoms with Crippen LogP contribution < -0.4 is 4.90 Å². The van der Waals surface area contributed by atoms with E-state index in [9.17, 15) is 9.18 Å². The first-order valence-corrected chi connectivity index (χ1v) is 7.13. The van der Waals surface area contributed by atoms with Crippen molar-refractivity contribution >= 4 is 11.9 Å². The average molecular weight is 304 g/mol. The van der Waals surface area contributed by atoms with E-state index < -0.39 is 5.82 Å². The van der Waals surface area contributed by atoms with E-state index in [2.05, 4.69) is 20.2 Å². The lowest BCUT2D eigenvalue weighted by Gasteiger charge is -2.37. The molecule has 1 aliphatic rings. The second kappa shape index (κ2) is 6.08. The summed E-state index contributed by atoms with van der Waals surface area (Å²) in [6.45, 7) is 1.31. The molecule has 1 N–H and O–H groups in total. The van der Waals surface area contributed by atoms with Gasteiger partial charge >= 0.3 is 0 Å². The molecule has 1 atom stereocenters. The van der Waals surface area contributed by atoms with Crippen molar-refractivity contribution in [2.45, 2.75) is 18.9 Å². The zero-order chi connectivity index (χ0) is 15.5. The zero-order valence-corrected chi connectivity index (χ0v) is 12.2. The van der Waals surface area contributed by atoms with Crippen molar-refractivity contribution in [2.75, 3.05) is 25.0 Å². The topological polar surface area (TPSA) is 78.0 Å². The molecule has 0 aromatic carbocycles. The summed E-state index contributed by atoms with van der Waals surface area (Å²) < 4.78 is 12.9. The molecular weight excluding hydrogens is 287 g/mol. The third-order valence-corrected chi connectivity index (χ3v) is 3.90. The molecule has 2 aromatic rings. The third-order valence-electron chi connectivity index (χ3n) is 3.90. The van der Waals surface area contributed by atoms with E-state index in [1.165, 1.54) is 6.20 Å². The number of halogens is 1. The molecule has 0 bridgehead atoms. The van der Waals surface area contributed by atoms with E-state index in [0.717, 1.165) is 31.8 Å². The molecular formula is C14H17FN6O. The molecule has 22 heavy (non-hydrogen) atoms. The number of piperidine rings is 1. The number of anilines is 1. The van der Waals surface area contributed by atoms with E-state index in [1.54, 1.807) is 11.1 Å². The second-order valence-electron chi connectivity index (χ2n) is 5.35. The lowest BCUT2D eigenvalue weighted by atomic mass is 10.0. The summed E-state index contributed by atoms with van der Waals surface area (Å²) in [5.41, 5.74) is 0.557. The van der Waals surface area contributed by atoms with Crippen molar-refractivity contribution in [1.82, 2.24) is 25.1 Å². The van der Waals surface area contributed by atoms with Crippen LogP contribution in [0.15, 0.2) is 24.8 Å². The Labute approximate surface area is 127 Å². The summed E-state index contributed by atoms with van der Waals surface area (Å²) in [5.74, 6) is -0.0339. The Balaban J connectivity index is 1.70. The van der Waals surface area contributed by atoms with Gasteiger partial charge in [-0.15, -0.1) is 0 Å². The highest BCUT2D eigenvalue weighted by molar-refractivity contribution is 5.93. The normalized spacial score (nSPS) is 18.3. The van der Waals surface area contributed by atoms with Gasteiger partial charge in [0.1, 0.15) is 0 Å². The third kappa shape index (κ3) is 2.90. The molecule has 7 nitrogen and oxygen atoms in total. The van der Waals surface area contributed by atoms with Crippen LogP contribution in [0.1, 0.15) is 23.2 Å². The van der Waals surface area contributed by atoms with Gasteiger partial charge in [0.05, 0.1) is 24.2 Å². The Kier molecular flexibility index (Phi) is 3.99. The van der Waals surface area contributed by atoms with Crippen molar-refractivity contribution in [2.24, 2.45) is 0 Å². The summed E-state index contributed by atoms with van der Waals surface area (Å²) in [6, 6.07) is 0.107. The van der Waals surface area contributed by atoms with Crippen LogP contribution in [-0.2, 0) is 0 Å². The number of likely N-dealkylation sites (N-methyl/N-ethyl adjacent to an activating group) is 1. The van der Waals surface area contributed by atoms with Gasteiger partial charge in [-0.3, -0.25) is 9.89 Å². The summed E-state index contributed by atoms with van der Waals surface area (Å²) in [5, 5.41) is 6.46. The van der Waals surface area contributed by atoms with Crippen molar-refractivity contribution in [3.8, 4) is 0 Å². The number of carbonyl (C=O) groups is 1. The number of likely N-dealkylation sites (tertiary alicyclic amines) is 1. The van der Waals surface area contributed by atoms with E-state index in [1.807, 2.05) is 11.9 Å². The van der Waals surface area contributed by atoms with Gasteiger partial charge < -0.3 is 9.80 Å². The number of hydrogen-bond donors (Lipinski definition) is 1. The van der Waals surface area contributed by atoms with E-state index >= 15 is 0 Å². The fraction of sp³-hybridized carbons (Fsp3) is 0.429. The molecule has 3 heterocycles. The maximum atomic E-state index is 12.9. The molecule has 1 amide bonds. The molecule has 0 spiro atoms. The maximum absolute atomic E-state index is 12.9. The van der Waals surface area contributed by atoms with Gasteiger partial charge in [-0.05, 0) is 12.8 Å². The fourth-order valence-corrected chi connectivity index (χ4v) is 2.66. The first-order valence-electron chi connectivity index (χ1n) is 7.13. The molecule has 2 aromatic heterocycles. The number of aromatic amines is 1. The van der Waals surface area contributed by atoms with Crippen molar-refractivity contribution in [1.29, 1.82) is 0 Å². The van der Waals surface area contributed by atoms with Gasteiger partial charge in [0.2, 0.25) is 5.95 Å². The molecule has 8 heteroatoms. The van der Waals surface area contributed by atoms with Gasteiger partial charge in [0.25, 0.3) is 5.91 Å². The largest absolute Gasteiger partial charge is 0.339 e. The van der Waals surface area contributed by atoms with Crippen LogP contribution >= 0.6 is 0 Å². The van der Waals surface area contributed by atoms with Crippen molar-refractivity contribution < 1.29 is 9.18 Å². The number of nitrogens with one attached hydrogen (secondary N) is 1. The predicted molar refractivity (Wildman–Crippen MR) is 77.9 cm³/mol. The number of amides is 1. The quantitative estimate of drug-likeness (QED) is 0.918. The Morgan fingerprint density at radius 3 is 2.86 bits per heavy atom. The first-order chi connectivity index (χ1) is 10.6. The maximum Gasteiger partial charge on any atom is 0.257 e. The van der Waals surface area contributed by atoms with Gasteiger partial charge in [0.15, 0.2) is 5.82 Å². The van der Waals surface area contributed by atoms with Crippen LogP contribution in [0.3, 0.4) is 0 Å². The highest BCUT2D eigenvalue weighted by Crippen LogP contribution is 2.19. The van der Waals surface area contributed by atoms with Crippen LogP contribution in [0.5, 0.6) is 0 Å². The Bertz CT molecular complexity index is 629. The smallest absolute Gasteiger partial charge is 0.257 e. The molecule has 1 fully saturated rings. The van der Waals surface area contributed by atoms with E-state index in [4.69, 9.17) is 0 Å². The SMILES string of the molecule is CN(c1ncc(F)cn1)C1CCCN(C(=O)c2cn[nH]c2)C1. The molecule has 1 aliphatic heterocycles. The van der Waals surface area contributed by atoms with Crippen LogP contribution in [0.4, 0.5) is 10.3 Å². The number of rotatable bonds is 3. The highest BCUT2D eigenvalue weighted by atomic mass is 19.1. The molecule has 116 valence electrons. The van der Waals surface area contributed by atoms with Gasteiger partial charge in [-0.2, -0.15) is 5.10 Å². The van der Waals surface area contributed by atoms with Crippen molar-refractivity contribution in [3.63, 3.8) is 0 Å².